The predicted molar refractivity (Wildman–Crippen MR) is 124 cm³/mol. The van der Waals surface area contributed by atoms with Crippen LogP contribution in [0.1, 0.15) is 10.4 Å². The Hall–Kier alpha value is -4.72. The van der Waals surface area contributed by atoms with E-state index in [1.54, 1.807) is 48.9 Å². The van der Waals surface area contributed by atoms with Crippen molar-refractivity contribution in [1.82, 2.24) is 19.4 Å². The number of pyridine rings is 1. The van der Waals surface area contributed by atoms with Crippen LogP contribution >= 0.6 is 0 Å². The van der Waals surface area contributed by atoms with Crippen molar-refractivity contribution < 1.29 is 4.79 Å². The topological polar surface area (TPSA) is 101 Å². The van der Waals surface area contributed by atoms with Crippen molar-refractivity contribution in [3.05, 3.63) is 103 Å². The summed E-state index contributed by atoms with van der Waals surface area (Å²) in [5.41, 5.74) is 9.12. The molecule has 0 fully saturated rings. The van der Waals surface area contributed by atoms with E-state index in [9.17, 15) is 4.79 Å². The Morgan fingerprint density at radius 2 is 1.62 bits per heavy atom. The predicted octanol–water partition coefficient (Wildman–Crippen LogP) is 4.43. The van der Waals surface area contributed by atoms with Crippen LogP contribution in [0.15, 0.2) is 97.6 Å². The van der Waals surface area contributed by atoms with Gasteiger partial charge in [-0.05, 0) is 54.6 Å². The summed E-state index contributed by atoms with van der Waals surface area (Å²) in [6, 6.07) is 21.9. The van der Waals surface area contributed by atoms with Gasteiger partial charge in [0, 0.05) is 24.2 Å². The first-order chi connectivity index (χ1) is 15.7. The fourth-order valence-electron chi connectivity index (χ4n) is 3.41. The maximum Gasteiger partial charge on any atom is 0.255 e. The first kappa shape index (κ1) is 19.3. The van der Waals surface area contributed by atoms with E-state index in [4.69, 9.17) is 5.73 Å². The van der Waals surface area contributed by atoms with Gasteiger partial charge in [0.1, 0.15) is 11.5 Å². The van der Waals surface area contributed by atoms with E-state index in [1.807, 2.05) is 58.0 Å². The molecule has 0 atom stereocenters. The SMILES string of the molecule is Nc1ccccc1NC(=O)c1ccc(N(c2ncccn2)c2cnc3ccccn23)cc1. The number of nitrogens with two attached hydrogens (primary N) is 1. The first-order valence-corrected chi connectivity index (χ1v) is 9.96. The Kier molecular flexibility index (Phi) is 4.93. The van der Waals surface area contributed by atoms with Crippen LogP contribution < -0.4 is 16.0 Å². The molecule has 5 rings (SSSR count). The number of imidazole rings is 1. The van der Waals surface area contributed by atoms with E-state index in [2.05, 4.69) is 20.3 Å². The van der Waals surface area contributed by atoms with Crippen molar-refractivity contribution in [2.75, 3.05) is 16.0 Å². The Morgan fingerprint density at radius 1 is 0.875 bits per heavy atom. The smallest absolute Gasteiger partial charge is 0.255 e. The number of hydrogen-bond donors (Lipinski definition) is 2. The highest BCUT2D eigenvalue weighted by Crippen LogP contribution is 2.32. The molecule has 0 aliphatic heterocycles. The maximum atomic E-state index is 12.7. The van der Waals surface area contributed by atoms with Crippen molar-refractivity contribution in [2.45, 2.75) is 0 Å². The number of nitrogens with one attached hydrogen (secondary N) is 1. The standard InChI is InChI=1S/C24H19N7O/c25-19-6-1-2-7-20(19)29-23(32)17-9-11-18(12-10-17)31(24-26-13-5-14-27-24)22-16-28-21-8-3-4-15-30(21)22/h1-16H,25H2,(H,29,32). The minimum Gasteiger partial charge on any atom is -0.397 e. The highest BCUT2D eigenvalue weighted by atomic mass is 16.1. The van der Waals surface area contributed by atoms with Gasteiger partial charge in [-0.3, -0.25) is 14.1 Å². The number of aromatic nitrogens is 4. The number of para-hydroxylation sites is 2. The molecule has 8 nitrogen and oxygen atoms in total. The van der Waals surface area contributed by atoms with E-state index < -0.39 is 0 Å². The average Bonchev–Trinajstić information content (AvgIpc) is 3.26. The number of carbonyl (C=O) groups excluding carboxylic acids is 1. The van der Waals surface area contributed by atoms with Crippen LogP contribution in [0.5, 0.6) is 0 Å². The average molecular weight is 421 g/mol. The lowest BCUT2D eigenvalue weighted by Gasteiger charge is -2.22. The summed E-state index contributed by atoms with van der Waals surface area (Å²) >= 11 is 0. The number of rotatable bonds is 5. The third-order valence-electron chi connectivity index (χ3n) is 4.98. The van der Waals surface area contributed by atoms with Gasteiger partial charge in [0.2, 0.25) is 5.95 Å². The van der Waals surface area contributed by atoms with E-state index in [0.29, 0.717) is 22.9 Å². The molecule has 0 aliphatic carbocycles. The summed E-state index contributed by atoms with van der Waals surface area (Å²) < 4.78 is 1.95. The minimum absolute atomic E-state index is 0.244. The molecule has 5 aromatic rings. The molecule has 32 heavy (non-hydrogen) atoms. The van der Waals surface area contributed by atoms with E-state index in [-0.39, 0.29) is 5.91 Å². The van der Waals surface area contributed by atoms with Gasteiger partial charge in [0.05, 0.1) is 23.3 Å². The largest absolute Gasteiger partial charge is 0.397 e. The van der Waals surface area contributed by atoms with Gasteiger partial charge in [-0.2, -0.15) is 0 Å². The molecule has 0 spiro atoms. The van der Waals surface area contributed by atoms with Gasteiger partial charge >= 0.3 is 0 Å². The van der Waals surface area contributed by atoms with Crippen molar-refractivity contribution in [2.24, 2.45) is 0 Å². The van der Waals surface area contributed by atoms with Gasteiger partial charge in [0.15, 0.2) is 0 Å². The molecule has 0 aliphatic rings. The number of nitrogen functional groups attached to an aromatic ring is 1. The van der Waals surface area contributed by atoms with Crippen LogP contribution in [0.4, 0.5) is 28.8 Å². The molecule has 0 unspecified atom stereocenters. The number of hydrogen-bond acceptors (Lipinski definition) is 6. The fourth-order valence-corrected chi connectivity index (χ4v) is 3.41. The first-order valence-electron chi connectivity index (χ1n) is 9.96. The number of carbonyl (C=O) groups is 1. The second-order valence-corrected chi connectivity index (χ2v) is 7.02. The highest BCUT2D eigenvalue weighted by Gasteiger charge is 2.19. The van der Waals surface area contributed by atoms with E-state index >= 15 is 0 Å². The Morgan fingerprint density at radius 3 is 2.41 bits per heavy atom. The van der Waals surface area contributed by atoms with Crippen LogP contribution in [-0.4, -0.2) is 25.3 Å². The third kappa shape index (κ3) is 3.61. The Labute approximate surface area is 184 Å². The number of amides is 1. The summed E-state index contributed by atoms with van der Waals surface area (Å²) in [6.07, 6.45) is 7.07. The molecule has 156 valence electrons. The highest BCUT2D eigenvalue weighted by molar-refractivity contribution is 6.06. The zero-order chi connectivity index (χ0) is 21.9. The van der Waals surface area contributed by atoms with Gasteiger partial charge in [-0.1, -0.05) is 18.2 Å². The monoisotopic (exact) mass is 421 g/mol. The van der Waals surface area contributed by atoms with Crippen LogP contribution in [0.3, 0.4) is 0 Å². The van der Waals surface area contributed by atoms with Crippen molar-refractivity contribution in [3.63, 3.8) is 0 Å². The van der Waals surface area contributed by atoms with Crippen LogP contribution in [-0.2, 0) is 0 Å². The maximum absolute atomic E-state index is 12.7. The number of anilines is 5. The van der Waals surface area contributed by atoms with Crippen molar-refractivity contribution in [3.8, 4) is 0 Å². The Bertz CT molecular complexity index is 1380. The number of fused-ring (bicyclic) bond motifs is 1. The van der Waals surface area contributed by atoms with Gasteiger partial charge in [-0.25, -0.2) is 15.0 Å². The van der Waals surface area contributed by atoms with Crippen molar-refractivity contribution >= 4 is 40.4 Å². The lowest BCUT2D eigenvalue weighted by Crippen LogP contribution is -2.16. The summed E-state index contributed by atoms with van der Waals surface area (Å²) in [5, 5.41) is 2.84. The van der Waals surface area contributed by atoms with Gasteiger partial charge in [-0.15, -0.1) is 0 Å². The third-order valence-corrected chi connectivity index (χ3v) is 4.98. The molecule has 3 N–H and O–H groups in total. The molecule has 1 amide bonds. The summed E-state index contributed by atoms with van der Waals surface area (Å²) in [5.74, 6) is 1.03. The molecule has 0 bridgehead atoms. The molecule has 0 radical (unpaired) electrons. The Balaban J connectivity index is 1.50. The summed E-state index contributed by atoms with van der Waals surface area (Å²) in [4.78, 5) is 27.9. The molecule has 2 aromatic carbocycles. The molecule has 3 aromatic heterocycles. The van der Waals surface area contributed by atoms with Crippen LogP contribution in [0, 0.1) is 0 Å². The van der Waals surface area contributed by atoms with Crippen LogP contribution in [0.2, 0.25) is 0 Å². The molecular formula is C24H19N7O. The molecular weight excluding hydrogens is 402 g/mol. The van der Waals surface area contributed by atoms with Gasteiger partial charge in [0.25, 0.3) is 5.91 Å². The van der Waals surface area contributed by atoms with Crippen molar-refractivity contribution in [1.29, 1.82) is 0 Å². The summed E-state index contributed by atoms with van der Waals surface area (Å²) in [6.45, 7) is 0. The lowest BCUT2D eigenvalue weighted by molar-refractivity contribution is 0.102. The molecule has 3 heterocycles. The minimum atomic E-state index is -0.244. The summed E-state index contributed by atoms with van der Waals surface area (Å²) in [7, 11) is 0. The van der Waals surface area contributed by atoms with Crippen LogP contribution in [0.25, 0.3) is 5.65 Å². The quantitative estimate of drug-likeness (QED) is 0.407. The molecule has 0 saturated heterocycles. The lowest BCUT2D eigenvalue weighted by atomic mass is 10.1. The van der Waals surface area contributed by atoms with E-state index in [0.717, 1.165) is 17.2 Å². The second-order valence-electron chi connectivity index (χ2n) is 7.02. The molecule has 0 saturated carbocycles. The zero-order valence-corrected chi connectivity index (χ0v) is 17.0. The van der Waals surface area contributed by atoms with Gasteiger partial charge < -0.3 is 11.1 Å². The second kappa shape index (κ2) is 8.19. The zero-order valence-electron chi connectivity index (χ0n) is 17.0. The number of benzene rings is 2. The fraction of sp³-hybridized carbons (Fsp3) is 0. The molecule has 8 heteroatoms. The normalized spacial score (nSPS) is 10.8. The number of nitrogens with zero attached hydrogens (tertiary/aromatic N) is 5. The van der Waals surface area contributed by atoms with E-state index in [1.165, 1.54) is 0 Å².